The summed E-state index contributed by atoms with van der Waals surface area (Å²) in [6, 6.07) is 12.4. The van der Waals surface area contributed by atoms with Gasteiger partial charge in [-0.3, -0.25) is 9.36 Å². The van der Waals surface area contributed by atoms with E-state index in [-0.39, 0.29) is 29.4 Å². The van der Waals surface area contributed by atoms with Gasteiger partial charge in [0.15, 0.2) is 0 Å². The summed E-state index contributed by atoms with van der Waals surface area (Å²) in [4.78, 5) is 49.3. The van der Waals surface area contributed by atoms with E-state index in [0.29, 0.717) is 56.0 Å². The van der Waals surface area contributed by atoms with Crippen molar-refractivity contribution in [2.24, 2.45) is 0 Å². The van der Waals surface area contributed by atoms with Crippen molar-refractivity contribution in [2.75, 3.05) is 39.3 Å². The van der Waals surface area contributed by atoms with Crippen molar-refractivity contribution in [2.45, 2.75) is 69.5 Å². The molecular formula is C32H41BrN6O4. The van der Waals surface area contributed by atoms with Crippen LogP contribution in [-0.4, -0.2) is 92.6 Å². The van der Waals surface area contributed by atoms with E-state index in [0.717, 1.165) is 42.5 Å². The van der Waals surface area contributed by atoms with E-state index < -0.39 is 6.04 Å². The van der Waals surface area contributed by atoms with Crippen molar-refractivity contribution in [3.63, 3.8) is 0 Å². The fourth-order valence-corrected chi connectivity index (χ4v) is 7.50. The van der Waals surface area contributed by atoms with Crippen LogP contribution in [0, 0.1) is 0 Å². The van der Waals surface area contributed by atoms with E-state index in [1.807, 2.05) is 33.7 Å². The number of urea groups is 1. The summed E-state index contributed by atoms with van der Waals surface area (Å²) in [6.45, 7) is 4.68. The molecule has 0 aliphatic carbocycles. The molecule has 3 N–H and O–H groups in total. The molecule has 10 nitrogen and oxygen atoms in total. The number of halogens is 1. The van der Waals surface area contributed by atoms with Crippen LogP contribution in [0.2, 0.25) is 0 Å². The number of imidazole rings is 1. The molecule has 0 bridgehead atoms. The number of fused-ring (bicyclic) bond motifs is 1. The van der Waals surface area contributed by atoms with Gasteiger partial charge in [0.25, 0.3) is 0 Å². The van der Waals surface area contributed by atoms with Gasteiger partial charge in [-0.15, -0.1) is 0 Å². The van der Waals surface area contributed by atoms with Crippen LogP contribution in [0.15, 0.2) is 51.7 Å². The lowest BCUT2D eigenvalue weighted by Crippen LogP contribution is -2.56. The van der Waals surface area contributed by atoms with Gasteiger partial charge < -0.3 is 30.1 Å². The van der Waals surface area contributed by atoms with E-state index in [2.05, 4.69) is 31.1 Å². The Morgan fingerprint density at radius 1 is 0.907 bits per heavy atom. The highest BCUT2D eigenvalue weighted by Crippen LogP contribution is 2.27. The second-order valence-corrected chi connectivity index (χ2v) is 13.0. The average Bonchev–Trinajstić information content (AvgIpc) is 3.38. The maximum Gasteiger partial charge on any atom is 0.326 e. The number of H-pyrrole nitrogens is 1. The first-order chi connectivity index (χ1) is 20.9. The molecule has 0 unspecified atom stereocenters. The van der Waals surface area contributed by atoms with Gasteiger partial charge in [-0.05, 0) is 97.4 Å². The third kappa shape index (κ3) is 6.62. The molecule has 3 amide bonds. The van der Waals surface area contributed by atoms with Crippen LogP contribution in [-0.2, 0) is 11.2 Å². The number of nitrogens with zero attached hydrogens (tertiary/aromatic N) is 4. The normalized spacial score (nSPS) is 19.9. The molecule has 4 heterocycles. The van der Waals surface area contributed by atoms with E-state index in [4.69, 9.17) is 0 Å². The second-order valence-electron chi connectivity index (χ2n) is 12.2. The van der Waals surface area contributed by atoms with Crippen LogP contribution in [0.1, 0.15) is 56.6 Å². The standard InChI is InChI=1S/C32H41BrN6O4/c33-25-20-22(8-9-29(25)40)21-27(30(41)37-16-10-23(11-17-37)36-14-4-1-5-15-36)35-31(42)38-18-12-24(13-19-38)39-28-7-3-2-6-26(28)34-32(39)43/h2-3,6-9,20,23-24,27,40H,1,4-5,10-19,21H2,(H,34,43)(H,35,42)/t27-/m1/s1. The monoisotopic (exact) mass is 652 g/mol. The lowest BCUT2D eigenvalue weighted by Gasteiger charge is -2.41. The molecule has 0 spiro atoms. The van der Waals surface area contributed by atoms with Crippen molar-refractivity contribution in [3.05, 3.63) is 63.0 Å². The summed E-state index contributed by atoms with van der Waals surface area (Å²) < 4.78 is 2.37. The summed E-state index contributed by atoms with van der Waals surface area (Å²) >= 11 is 3.38. The molecule has 3 saturated heterocycles. The highest BCUT2D eigenvalue weighted by atomic mass is 79.9. The van der Waals surface area contributed by atoms with Crippen LogP contribution in [0.25, 0.3) is 11.0 Å². The summed E-state index contributed by atoms with van der Waals surface area (Å²) in [5.41, 5.74) is 2.42. The van der Waals surface area contributed by atoms with Gasteiger partial charge in [-0.1, -0.05) is 24.6 Å². The minimum absolute atomic E-state index is 0.000625. The Labute approximate surface area is 260 Å². The van der Waals surface area contributed by atoms with Crippen LogP contribution in [0.3, 0.4) is 0 Å². The van der Waals surface area contributed by atoms with Gasteiger partial charge in [0.05, 0.1) is 15.5 Å². The topological polar surface area (TPSA) is 114 Å². The molecule has 1 atom stereocenters. The molecule has 43 heavy (non-hydrogen) atoms. The Kier molecular flexibility index (Phi) is 9.09. The predicted octanol–water partition coefficient (Wildman–Crippen LogP) is 4.23. The van der Waals surface area contributed by atoms with Crippen LogP contribution in [0.4, 0.5) is 4.79 Å². The van der Waals surface area contributed by atoms with Gasteiger partial charge in [0.2, 0.25) is 5.91 Å². The number of aromatic amines is 1. The van der Waals surface area contributed by atoms with Crippen molar-refractivity contribution in [1.82, 2.24) is 29.6 Å². The summed E-state index contributed by atoms with van der Waals surface area (Å²) in [7, 11) is 0. The number of para-hydroxylation sites is 2. The zero-order chi connectivity index (χ0) is 29.9. The summed E-state index contributed by atoms with van der Waals surface area (Å²) in [5, 5.41) is 13.0. The maximum atomic E-state index is 13.9. The van der Waals surface area contributed by atoms with E-state index in [9.17, 15) is 19.5 Å². The van der Waals surface area contributed by atoms with Crippen molar-refractivity contribution in [3.8, 4) is 5.75 Å². The summed E-state index contributed by atoms with van der Waals surface area (Å²) in [6.07, 6.45) is 7.37. The number of hydrogen-bond donors (Lipinski definition) is 3. The minimum atomic E-state index is -0.718. The van der Waals surface area contributed by atoms with Gasteiger partial charge in [-0.2, -0.15) is 0 Å². The first-order valence-corrected chi connectivity index (χ1v) is 16.4. The van der Waals surface area contributed by atoms with Gasteiger partial charge >= 0.3 is 11.7 Å². The molecule has 3 fully saturated rings. The number of phenolic OH excluding ortho intramolecular Hbond substituents is 1. The zero-order valence-electron chi connectivity index (χ0n) is 24.5. The number of likely N-dealkylation sites (tertiary alicyclic amines) is 3. The predicted molar refractivity (Wildman–Crippen MR) is 169 cm³/mol. The van der Waals surface area contributed by atoms with Crippen LogP contribution in [0.5, 0.6) is 5.75 Å². The van der Waals surface area contributed by atoms with Crippen molar-refractivity contribution < 1.29 is 14.7 Å². The SMILES string of the molecule is O=C(N[C@H](Cc1ccc(O)c(Br)c1)C(=O)N1CCC(N2CCCCC2)CC1)N1CCC(n2c(=O)[nH]c3ccccc32)CC1. The summed E-state index contributed by atoms with van der Waals surface area (Å²) in [5.74, 6) is 0.0718. The number of benzene rings is 2. The van der Waals surface area contributed by atoms with Crippen LogP contribution >= 0.6 is 15.9 Å². The number of carbonyl (C=O) groups excluding carboxylic acids is 2. The van der Waals surface area contributed by atoms with Crippen molar-refractivity contribution >= 4 is 38.9 Å². The number of rotatable bonds is 6. The number of carbonyl (C=O) groups is 2. The van der Waals surface area contributed by atoms with Gasteiger partial charge in [-0.25, -0.2) is 9.59 Å². The smallest absolute Gasteiger partial charge is 0.326 e. The quantitative estimate of drug-likeness (QED) is 0.369. The number of amides is 3. The Morgan fingerprint density at radius 2 is 1.58 bits per heavy atom. The number of phenols is 1. The number of aromatic nitrogens is 2. The third-order valence-corrected chi connectivity index (χ3v) is 10.1. The fourth-order valence-electron chi connectivity index (χ4n) is 7.07. The lowest BCUT2D eigenvalue weighted by molar-refractivity contribution is -0.134. The molecule has 6 rings (SSSR count). The number of hydrogen-bond acceptors (Lipinski definition) is 5. The Bertz CT molecular complexity index is 1500. The van der Waals surface area contributed by atoms with E-state index in [1.165, 1.54) is 19.3 Å². The van der Waals surface area contributed by atoms with Crippen LogP contribution < -0.4 is 11.0 Å². The second kappa shape index (κ2) is 13.1. The number of nitrogens with one attached hydrogen (secondary N) is 2. The molecule has 1 aromatic heterocycles. The molecule has 0 radical (unpaired) electrons. The number of aromatic hydroxyl groups is 1. The Balaban J connectivity index is 1.11. The molecule has 0 saturated carbocycles. The first-order valence-electron chi connectivity index (χ1n) is 15.6. The first kappa shape index (κ1) is 29.7. The molecule has 11 heteroatoms. The molecule has 3 aromatic rings. The Hall–Kier alpha value is -3.31. The van der Waals surface area contributed by atoms with Gasteiger partial charge in [0, 0.05) is 44.7 Å². The van der Waals surface area contributed by atoms with E-state index >= 15 is 0 Å². The highest BCUT2D eigenvalue weighted by molar-refractivity contribution is 9.10. The lowest BCUT2D eigenvalue weighted by atomic mass is 9.98. The molecule has 2 aromatic carbocycles. The average molecular weight is 654 g/mol. The number of piperidine rings is 3. The van der Waals surface area contributed by atoms with E-state index in [1.54, 1.807) is 23.1 Å². The zero-order valence-corrected chi connectivity index (χ0v) is 26.1. The van der Waals surface area contributed by atoms with Crippen molar-refractivity contribution in [1.29, 1.82) is 0 Å². The molecular weight excluding hydrogens is 612 g/mol. The highest BCUT2D eigenvalue weighted by Gasteiger charge is 2.34. The molecule has 3 aliphatic rings. The Morgan fingerprint density at radius 3 is 2.30 bits per heavy atom. The fraction of sp³-hybridized carbons (Fsp3) is 0.531. The maximum absolute atomic E-state index is 13.9. The molecule has 230 valence electrons. The molecule has 3 aliphatic heterocycles. The third-order valence-electron chi connectivity index (χ3n) is 9.47. The van der Waals surface area contributed by atoms with Gasteiger partial charge in [0.1, 0.15) is 11.8 Å². The largest absolute Gasteiger partial charge is 0.507 e. The minimum Gasteiger partial charge on any atom is -0.507 e.